The number of furan rings is 1. The highest BCUT2D eigenvalue weighted by Gasteiger charge is 2.40. The van der Waals surface area contributed by atoms with Crippen LogP contribution in [-0.2, 0) is 20.9 Å². The van der Waals surface area contributed by atoms with Crippen molar-refractivity contribution in [2.45, 2.75) is 31.9 Å². The third-order valence-electron chi connectivity index (χ3n) is 5.45. The molecule has 0 radical (unpaired) electrons. The van der Waals surface area contributed by atoms with Crippen molar-refractivity contribution in [1.82, 2.24) is 14.8 Å². The van der Waals surface area contributed by atoms with Crippen molar-refractivity contribution in [2.75, 3.05) is 32.8 Å². The van der Waals surface area contributed by atoms with Crippen LogP contribution >= 0.6 is 0 Å². The lowest BCUT2D eigenvalue weighted by Gasteiger charge is -2.22. The van der Waals surface area contributed by atoms with Crippen LogP contribution in [-0.4, -0.2) is 94.1 Å². The molecule has 2 aromatic rings. The number of carboxylic acids is 2. The minimum absolute atomic E-state index is 0.00189. The molecule has 1 amide bonds. The Morgan fingerprint density at radius 1 is 0.974 bits per heavy atom. The lowest BCUT2D eigenvalue weighted by molar-refractivity contribution is -0.193. The van der Waals surface area contributed by atoms with E-state index in [1.165, 1.54) is 0 Å². The molecule has 2 atom stereocenters. The number of fused-ring (bicyclic) bond motifs is 1. The fourth-order valence-corrected chi connectivity index (χ4v) is 3.72. The first-order chi connectivity index (χ1) is 18.1. The maximum atomic E-state index is 12.7. The smallest absolute Gasteiger partial charge is 0.475 e. The van der Waals surface area contributed by atoms with Crippen LogP contribution in [0.1, 0.15) is 21.9 Å². The first-order valence-corrected chi connectivity index (χ1v) is 11.3. The molecule has 2 aromatic heterocycles. The molecule has 2 aliphatic rings. The van der Waals surface area contributed by atoms with E-state index in [-0.39, 0.29) is 12.0 Å². The van der Waals surface area contributed by atoms with Gasteiger partial charge in [-0.1, -0.05) is 6.07 Å². The number of aromatic nitrogens is 1. The fraction of sp³-hybridized carbons (Fsp3) is 0.478. The van der Waals surface area contributed by atoms with E-state index in [4.69, 9.17) is 29.0 Å². The average molecular weight is 569 g/mol. The summed E-state index contributed by atoms with van der Waals surface area (Å²) in [6, 6.07) is 9.48. The average Bonchev–Trinajstić information content (AvgIpc) is 3.44. The molecule has 2 N–H and O–H groups in total. The van der Waals surface area contributed by atoms with Crippen molar-refractivity contribution in [3.63, 3.8) is 0 Å². The highest BCUT2D eigenvalue weighted by Crippen LogP contribution is 2.25. The van der Waals surface area contributed by atoms with Gasteiger partial charge in [0.1, 0.15) is 11.5 Å². The summed E-state index contributed by atoms with van der Waals surface area (Å²) in [7, 11) is 0. The van der Waals surface area contributed by atoms with E-state index < -0.39 is 24.3 Å². The largest absolute Gasteiger partial charge is 0.490 e. The minimum Gasteiger partial charge on any atom is -0.475 e. The van der Waals surface area contributed by atoms with E-state index >= 15 is 0 Å². The van der Waals surface area contributed by atoms with Crippen molar-refractivity contribution in [1.29, 1.82) is 0 Å². The normalized spacial score (nSPS) is 19.5. The number of likely N-dealkylation sites (tertiary alicyclic amines) is 1. The zero-order chi connectivity index (χ0) is 29.4. The number of hydrogen-bond donors (Lipinski definition) is 2. The molecule has 10 nitrogen and oxygen atoms in total. The number of ether oxygens (including phenoxy) is 1. The third-order valence-corrected chi connectivity index (χ3v) is 5.45. The van der Waals surface area contributed by atoms with Gasteiger partial charge in [-0.05, 0) is 31.2 Å². The highest BCUT2D eigenvalue weighted by molar-refractivity contribution is 5.92. The zero-order valence-electron chi connectivity index (χ0n) is 20.4. The van der Waals surface area contributed by atoms with Crippen LogP contribution in [0.3, 0.4) is 0 Å². The summed E-state index contributed by atoms with van der Waals surface area (Å²) in [6.07, 6.45) is -8.35. The van der Waals surface area contributed by atoms with Gasteiger partial charge >= 0.3 is 24.3 Å². The van der Waals surface area contributed by atoms with Crippen molar-refractivity contribution in [3.05, 3.63) is 53.7 Å². The SMILES string of the molecule is Cc1cccc(C(=O)N2C[C@@H]3CN(Cc4ccco4)CCO[C@@H]3C2)n1.O=C(O)C(F)(F)F.O=C(O)C(F)(F)F. The summed E-state index contributed by atoms with van der Waals surface area (Å²) in [4.78, 5) is 39.1. The maximum Gasteiger partial charge on any atom is 0.490 e. The number of amides is 1. The molecule has 16 heteroatoms. The van der Waals surface area contributed by atoms with Crippen molar-refractivity contribution < 1.29 is 60.1 Å². The number of aryl methyl sites for hydroxylation is 1. The zero-order valence-corrected chi connectivity index (χ0v) is 20.4. The number of rotatable bonds is 3. The standard InChI is InChI=1S/C19H23N3O3.2C2HF3O2/c1-14-4-2-6-17(20-14)19(23)22-11-15-10-21(7-9-25-18(15)13-22)12-16-5-3-8-24-16;2*3-2(4,5)1(6)7/h2-6,8,15,18H,7,9-13H2,1H3;2*(H,6,7)/t15-,18+;;/m0../s1. The van der Waals surface area contributed by atoms with Gasteiger partial charge in [-0.25, -0.2) is 14.6 Å². The maximum absolute atomic E-state index is 12.7. The molecule has 2 fully saturated rings. The van der Waals surface area contributed by atoms with E-state index in [1.54, 1.807) is 12.3 Å². The van der Waals surface area contributed by atoms with Gasteiger partial charge in [-0.2, -0.15) is 26.3 Å². The predicted molar refractivity (Wildman–Crippen MR) is 119 cm³/mol. The van der Waals surface area contributed by atoms with Gasteiger partial charge in [-0.3, -0.25) is 9.69 Å². The number of carboxylic acid groups (broad SMARTS) is 2. The molecule has 0 saturated carbocycles. The summed E-state index contributed by atoms with van der Waals surface area (Å²) in [5, 5.41) is 14.2. The van der Waals surface area contributed by atoms with E-state index in [0.717, 1.165) is 31.1 Å². The Hall–Kier alpha value is -3.66. The molecule has 0 aliphatic carbocycles. The number of carbonyl (C=O) groups is 3. The van der Waals surface area contributed by atoms with Gasteiger partial charge in [-0.15, -0.1) is 0 Å². The second kappa shape index (κ2) is 13.4. The van der Waals surface area contributed by atoms with Gasteiger partial charge in [0.2, 0.25) is 0 Å². The van der Waals surface area contributed by atoms with Gasteiger partial charge in [0.05, 0.1) is 25.5 Å². The van der Waals surface area contributed by atoms with E-state index in [0.29, 0.717) is 31.3 Å². The number of halogens is 6. The van der Waals surface area contributed by atoms with Gasteiger partial charge < -0.3 is 24.3 Å². The van der Waals surface area contributed by atoms with Gasteiger partial charge in [0.15, 0.2) is 0 Å². The summed E-state index contributed by atoms with van der Waals surface area (Å²) in [5.41, 5.74) is 1.38. The third kappa shape index (κ3) is 10.2. The van der Waals surface area contributed by atoms with Crippen molar-refractivity contribution >= 4 is 17.8 Å². The van der Waals surface area contributed by atoms with Crippen LogP contribution in [0, 0.1) is 12.8 Å². The van der Waals surface area contributed by atoms with E-state index in [1.807, 2.05) is 36.1 Å². The summed E-state index contributed by atoms with van der Waals surface area (Å²) in [5.74, 6) is -4.22. The monoisotopic (exact) mass is 569 g/mol. The number of alkyl halides is 6. The summed E-state index contributed by atoms with van der Waals surface area (Å²) >= 11 is 0. The Labute approximate surface area is 217 Å². The molecular weight excluding hydrogens is 544 g/mol. The lowest BCUT2D eigenvalue weighted by Crippen LogP contribution is -2.34. The molecule has 39 heavy (non-hydrogen) atoms. The Balaban J connectivity index is 0.000000317. The van der Waals surface area contributed by atoms with Crippen LogP contribution in [0.2, 0.25) is 0 Å². The number of aliphatic carboxylic acids is 2. The number of nitrogens with zero attached hydrogens (tertiary/aromatic N) is 3. The topological polar surface area (TPSA) is 133 Å². The molecular formula is C23H25F6N3O7. The first kappa shape index (κ1) is 31.6. The van der Waals surface area contributed by atoms with Gasteiger partial charge in [0, 0.05) is 37.8 Å². The van der Waals surface area contributed by atoms with Crippen LogP contribution in [0.4, 0.5) is 26.3 Å². The molecule has 0 spiro atoms. The van der Waals surface area contributed by atoms with Crippen LogP contribution < -0.4 is 0 Å². The van der Waals surface area contributed by atoms with Gasteiger partial charge in [0.25, 0.3) is 5.91 Å². The molecule has 0 bridgehead atoms. The number of carbonyl (C=O) groups excluding carboxylic acids is 1. The summed E-state index contributed by atoms with van der Waals surface area (Å²) < 4.78 is 75.0. The number of pyridine rings is 1. The molecule has 2 aliphatic heterocycles. The second-order valence-electron chi connectivity index (χ2n) is 8.46. The Morgan fingerprint density at radius 3 is 2.10 bits per heavy atom. The number of hydrogen-bond acceptors (Lipinski definition) is 7. The predicted octanol–water partition coefficient (Wildman–Crippen LogP) is 3.22. The Kier molecular flexibility index (Phi) is 10.9. The first-order valence-electron chi connectivity index (χ1n) is 11.3. The van der Waals surface area contributed by atoms with E-state index in [9.17, 15) is 31.1 Å². The molecule has 4 heterocycles. The molecule has 0 unspecified atom stereocenters. The summed E-state index contributed by atoms with van der Waals surface area (Å²) in [6.45, 7) is 6.54. The Morgan fingerprint density at radius 2 is 1.59 bits per heavy atom. The van der Waals surface area contributed by atoms with E-state index in [2.05, 4.69) is 9.88 Å². The Bertz CT molecular complexity index is 1080. The molecule has 4 rings (SSSR count). The quantitative estimate of drug-likeness (QED) is 0.535. The second-order valence-corrected chi connectivity index (χ2v) is 8.46. The molecule has 216 valence electrons. The minimum atomic E-state index is -5.08. The van der Waals surface area contributed by atoms with Crippen LogP contribution in [0.25, 0.3) is 0 Å². The molecule has 2 saturated heterocycles. The lowest BCUT2D eigenvalue weighted by atomic mass is 10.1. The fourth-order valence-electron chi connectivity index (χ4n) is 3.72. The van der Waals surface area contributed by atoms with Crippen molar-refractivity contribution in [2.24, 2.45) is 5.92 Å². The van der Waals surface area contributed by atoms with Crippen LogP contribution in [0.5, 0.6) is 0 Å². The van der Waals surface area contributed by atoms with Crippen molar-refractivity contribution in [3.8, 4) is 0 Å². The molecule has 0 aromatic carbocycles. The van der Waals surface area contributed by atoms with Crippen LogP contribution in [0.15, 0.2) is 41.0 Å². The highest BCUT2D eigenvalue weighted by atomic mass is 19.4.